The van der Waals surface area contributed by atoms with Gasteiger partial charge in [0.05, 0.1) is 12.1 Å². The van der Waals surface area contributed by atoms with Crippen molar-refractivity contribution in [3.8, 4) is 11.3 Å². The average molecular weight is 262 g/mol. The van der Waals surface area contributed by atoms with Gasteiger partial charge in [-0.1, -0.05) is 0 Å². The molecule has 98 valence electrons. The number of hydrogen-bond donors (Lipinski definition) is 1. The summed E-state index contributed by atoms with van der Waals surface area (Å²) in [5.74, 6) is -1.47. The van der Waals surface area contributed by atoms with Crippen LogP contribution >= 0.6 is 0 Å². The van der Waals surface area contributed by atoms with Crippen molar-refractivity contribution in [2.75, 3.05) is 0 Å². The molecule has 0 spiro atoms. The Labute approximate surface area is 107 Å². The molecule has 0 atom stereocenters. The van der Waals surface area contributed by atoms with E-state index in [4.69, 9.17) is 5.11 Å². The highest BCUT2D eigenvalue weighted by Crippen LogP contribution is 2.17. The molecule has 0 aliphatic carbocycles. The van der Waals surface area contributed by atoms with Crippen LogP contribution in [0.25, 0.3) is 11.3 Å². The molecule has 1 aromatic heterocycles. The van der Waals surface area contributed by atoms with Crippen LogP contribution in [0.5, 0.6) is 0 Å². The topological polar surface area (TPSA) is 72.2 Å². The van der Waals surface area contributed by atoms with E-state index in [1.54, 1.807) is 0 Å². The van der Waals surface area contributed by atoms with Gasteiger partial charge < -0.3 is 5.11 Å². The second-order valence-corrected chi connectivity index (χ2v) is 4.06. The fraction of sp³-hybridized carbons (Fsp3) is 0.154. The summed E-state index contributed by atoms with van der Waals surface area (Å²) in [7, 11) is 1.45. The van der Waals surface area contributed by atoms with E-state index in [1.807, 2.05) is 0 Å². The molecule has 0 aliphatic heterocycles. The van der Waals surface area contributed by atoms with Crippen LogP contribution in [0.15, 0.2) is 35.1 Å². The van der Waals surface area contributed by atoms with Crippen LogP contribution in [-0.4, -0.2) is 20.9 Å². The summed E-state index contributed by atoms with van der Waals surface area (Å²) in [6, 6.07) is 7.01. The summed E-state index contributed by atoms with van der Waals surface area (Å²) >= 11 is 0. The second-order valence-electron chi connectivity index (χ2n) is 4.06. The summed E-state index contributed by atoms with van der Waals surface area (Å²) in [5.41, 5.74) is 0.736. The highest BCUT2D eigenvalue weighted by atomic mass is 19.1. The van der Waals surface area contributed by atoms with Crippen molar-refractivity contribution in [3.63, 3.8) is 0 Å². The number of aryl methyl sites for hydroxylation is 1. The number of aromatic nitrogens is 2. The number of nitrogens with zero attached hydrogens (tertiary/aromatic N) is 2. The number of aliphatic carboxylic acids is 1. The lowest BCUT2D eigenvalue weighted by molar-refractivity contribution is -0.136. The number of carbonyl (C=O) groups is 1. The van der Waals surface area contributed by atoms with Crippen molar-refractivity contribution in [2.24, 2.45) is 7.05 Å². The third kappa shape index (κ3) is 2.85. The predicted molar refractivity (Wildman–Crippen MR) is 66.2 cm³/mol. The Balaban J connectivity index is 2.53. The fourth-order valence-electron chi connectivity index (χ4n) is 1.72. The van der Waals surface area contributed by atoms with Crippen molar-refractivity contribution >= 4 is 5.97 Å². The summed E-state index contributed by atoms with van der Waals surface area (Å²) < 4.78 is 13.9. The van der Waals surface area contributed by atoms with Gasteiger partial charge in [0.15, 0.2) is 0 Å². The summed E-state index contributed by atoms with van der Waals surface area (Å²) in [6.45, 7) is 0. The van der Waals surface area contributed by atoms with Gasteiger partial charge in [-0.25, -0.2) is 9.07 Å². The van der Waals surface area contributed by atoms with Crippen LogP contribution in [0.1, 0.15) is 5.56 Å². The number of benzene rings is 1. The third-order valence-corrected chi connectivity index (χ3v) is 2.62. The number of halogens is 1. The SMILES string of the molecule is Cn1nc(-c2ccc(F)cc2)cc(CC(=O)O)c1=O. The highest BCUT2D eigenvalue weighted by molar-refractivity contribution is 5.71. The van der Waals surface area contributed by atoms with Gasteiger partial charge in [-0.3, -0.25) is 9.59 Å². The molecule has 0 bridgehead atoms. The summed E-state index contributed by atoms with van der Waals surface area (Å²) in [4.78, 5) is 22.4. The van der Waals surface area contributed by atoms with Gasteiger partial charge in [0.25, 0.3) is 5.56 Å². The first-order valence-electron chi connectivity index (χ1n) is 5.52. The van der Waals surface area contributed by atoms with Crippen molar-refractivity contribution < 1.29 is 14.3 Å². The maximum atomic E-state index is 12.8. The molecule has 1 aromatic carbocycles. The van der Waals surface area contributed by atoms with E-state index in [1.165, 1.54) is 37.4 Å². The molecule has 2 rings (SSSR count). The minimum Gasteiger partial charge on any atom is -0.481 e. The lowest BCUT2D eigenvalue weighted by atomic mass is 10.1. The average Bonchev–Trinajstić information content (AvgIpc) is 2.35. The standard InChI is InChI=1S/C13H11FN2O3/c1-16-13(19)9(7-12(17)18)6-11(15-16)8-2-4-10(14)5-3-8/h2-6H,7H2,1H3,(H,17,18). The maximum Gasteiger partial charge on any atom is 0.308 e. The third-order valence-electron chi connectivity index (χ3n) is 2.62. The molecule has 0 unspecified atom stereocenters. The van der Waals surface area contributed by atoms with E-state index in [0.717, 1.165) is 4.68 Å². The van der Waals surface area contributed by atoms with Gasteiger partial charge in [0.2, 0.25) is 0 Å². The molecule has 0 radical (unpaired) electrons. The van der Waals surface area contributed by atoms with Gasteiger partial charge in [0.1, 0.15) is 5.82 Å². The van der Waals surface area contributed by atoms with E-state index in [-0.39, 0.29) is 17.8 Å². The van der Waals surface area contributed by atoms with Crippen molar-refractivity contribution in [1.82, 2.24) is 9.78 Å². The molecular weight excluding hydrogens is 251 g/mol. The van der Waals surface area contributed by atoms with Gasteiger partial charge in [-0.15, -0.1) is 0 Å². The fourth-order valence-corrected chi connectivity index (χ4v) is 1.72. The molecule has 2 aromatic rings. The molecule has 1 N–H and O–H groups in total. The van der Waals surface area contributed by atoms with Crippen molar-refractivity contribution in [2.45, 2.75) is 6.42 Å². The molecule has 1 heterocycles. The first-order valence-corrected chi connectivity index (χ1v) is 5.52. The zero-order valence-electron chi connectivity index (χ0n) is 10.1. The van der Waals surface area contributed by atoms with E-state index in [0.29, 0.717) is 11.3 Å². The Hall–Kier alpha value is -2.50. The highest BCUT2D eigenvalue weighted by Gasteiger charge is 2.11. The summed E-state index contributed by atoms with van der Waals surface area (Å²) in [5, 5.41) is 12.8. The van der Waals surface area contributed by atoms with Crippen LogP contribution < -0.4 is 5.56 Å². The molecule has 5 nitrogen and oxygen atoms in total. The van der Waals surface area contributed by atoms with Crippen LogP contribution in [0.3, 0.4) is 0 Å². The molecule has 0 saturated carbocycles. The second kappa shape index (κ2) is 5.01. The number of hydrogen-bond acceptors (Lipinski definition) is 3. The molecule has 0 amide bonds. The van der Waals surface area contributed by atoms with Crippen LogP contribution in [0, 0.1) is 5.82 Å². The smallest absolute Gasteiger partial charge is 0.308 e. The molecule has 6 heteroatoms. The van der Waals surface area contributed by atoms with Crippen LogP contribution in [0.4, 0.5) is 4.39 Å². The Bertz CT molecular complexity index is 677. The molecular formula is C13H11FN2O3. The Morgan fingerprint density at radius 3 is 2.58 bits per heavy atom. The van der Waals surface area contributed by atoms with E-state index in [9.17, 15) is 14.0 Å². The van der Waals surface area contributed by atoms with Gasteiger partial charge >= 0.3 is 5.97 Å². The van der Waals surface area contributed by atoms with Crippen LogP contribution in [-0.2, 0) is 18.3 Å². The first kappa shape index (κ1) is 12.9. The number of rotatable bonds is 3. The molecule has 0 saturated heterocycles. The zero-order valence-corrected chi connectivity index (χ0v) is 10.1. The monoisotopic (exact) mass is 262 g/mol. The summed E-state index contributed by atoms with van der Waals surface area (Å²) in [6.07, 6.45) is -0.372. The van der Waals surface area contributed by atoms with Gasteiger partial charge in [0, 0.05) is 18.2 Å². The quantitative estimate of drug-likeness (QED) is 0.902. The Morgan fingerprint density at radius 1 is 1.37 bits per heavy atom. The van der Waals surface area contributed by atoms with Gasteiger partial charge in [-0.05, 0) is 30.3 Å². The van der Waals surface area contributed by atoms with E-state index < -0.39 is 11.5 Å². The van der Waals surface area contributed by atoms with Crippen molar-refractivity contribution in [1.29, 1.82) is 0 Å². The maximum absolute atomic E-state index is 12.8. The number of carboxylic acids is 1. The van der Waals surface area contributed by atoms with E-state index in [2.05, 4.69) is 5.10 Å². The minimum absolute atomic E-state index is 0.143. The molecule has 19 heavy (non-hydrogen) atoms. The van der Waals surface area contributed by atoms with E-state index >= 15 is 0 Å². The number of carboxylic acid groups (broad SMARTS) is 1. The predicted octanol–water partition coefficient (Wildman–Crippen LogP) is 1.21. The lowest BCUT2D eigenvalue weighted by Gasteiger charge is -2.06. The Morgan fingerprint density at radius 2 is 2.00 bits per heavy atom. The molecule has 0 fully saturated rings. The minimum atomic E-state index is -1.09. The van der Waals surface area contributed by atoms with Crippen molar-refractivity contribution in [3.05, 3.63) is 52.1 Å². The Kier molecular flexibility index (Phi) is 3.41. The normalized spacial score (nSPS) is 10.4. The lowest BCUT2D eigenvalue weighted by Crippen LogP contribution is -2.25. The zero-order chi connectivity index (χ0) is 14.0. The van der Waals surface area contributed by atoms with Crippen LogP contribution in [0.2, 0.25) is 0 Å². The largest absolute Gasteiger partial charge is 0.481 e. The van der Waals surface area contributed by atoms with Gasteiger partial charge in [-0.2, -0.15) is 5.10 Å². The molecule has 0 aliphatic rings. The first-order chi connectivity index (χ1) is 8.97.